The molecule has 1 aliphatic heterocycles. The fourth-order valence-electron chi connectivity index (χ4n) is 4.42. The average molecular weight is 515 g/mol. The fraction of sp³-hybridized carbons (Fsp3) is 0.321. The minimum absolute atomic E-state index is 0.0260. The molecule has 0 radical (unpaired) electrons. The van der Waals surface area contributed by atoms with Gasteiger partial charge in [-0.15, -0.1) is 0 Å². The Hall–Kier alpha value is -3.00. The zero-order valence-corrected chi connectivity index (χ0v) is 20.7. The fourth-order valence-corrected chi connectivity index (χ4v) is 4.66. The maximum absolute atomic E-state index is 13.8. The van der Waals surface area contributed by atoms with Crippen LogP contribution in [-0.2, 0) is 25.8 Å². The summed E-state index contributed by atoms with van der Waals surface area (Å²) < 4.78 is 33.3. The lowest BCUT2D eigenvalue weighted by atomic mass is 9.99. The van der Waals surface area contributed by atoms with E-state index in [1.165, 1.54) is 23.8 Å². The van der Waals surface area contributed by atoms with Gasteiger partial charge in [-0.2, -0.15) is 0 Å². The molecular formula is C28H29ClF2N2O3. The van der Waals surface area contributed by atoms with Gasteiger partial charge in [-0.1, -0.05) is 42.8 Å². The van der Waals surface area contributed by atoms with Gasteiger partial charge in [0, 0.05) is 30.6 Å². The van der Waals surface area contributed by atoms with E-state index in [2.05, 4.69) is 29.7 Å². The largest absolute Gasteiger partial charge is 0.492 e. The molecule has 3 aromatic rings. The minimum Gasteiger partial charge on any atom is -0.492 e. The Morgan fingerprint density at radius 3 is 2.58 bits per heavy atom. The van der Waals surface area contributed by atoms with Gasteiger partial charge in [0.2, 0.25) is 0 Å². The van der Waals surface area contributed by atoms with Crippen LogP contribution >= 0.6 is 11.6 Å². The Balaban J connectivity index is 1.50. The molecule has 3 N–H and O–H groups in total. The first-order valence-corrected chi connectivity index (χ1v) is 12.4. The van der Waals surface area contributed by atoms with Crippen LogP contribution in [0.3, 0.4) is 0 Å². The molecule has 0 aromatic heterocycles. The quantitative estimate of drug-likeness (QED) is 0.369. The molecule has 8 heteroatoms. The number of halogens is 3. The molecule has 1 aliphatic rings. The molecule has 2 atom stereocenters. The molecule has 0 saturated heterocycles. The zero-order valence-electron chi connectivity index (χ0n) is 20.0. The summed E-state index contributed by atoms with van der Waals surface area (Å²) in [6.07, 6.45) is 0.556. The van der Waals surface area contributed by atoms with Gasteiger partial charge < -0.3 is 20.5 Å². The van der Waals surface area contributed by atoms with Crippen molar-refractivity contribution in [3.63, 3.8) is 0 Å². The molecule has 1 amide bonds. The van der Waals surface area contributed by atoms with E-state index >= 15 is 0 Å². The normalized spacial score (nSPS) is 14.1. The van der Waals surface area contributed by atoms with Crippen molar-refractivity contribution in [3.05, 3.63) is 99.1 Å². The van der Waals surface area contributed by atoms with Crippen molar-refractivity contribution in [3.8, 4) is 5.75 Å². The summed E-state index contributed by atoms with van der Waals surface area (Å²) in [6.45, 7) is 3.21. The topological polar surface area (TPSA) is 70.6 Å². The van der Waals surface area contributed by atoms with E-state index in [-0.39, 0.29) is 18.5 Å². The van der Waals surface area contributed by atoms with Crippen molar-refractivity contribution < 1.29 is 23.4 Å². The van der Waals surface area contributed by atoms with Crippen LogP contribution < -0.4 is 15.4 Å². The van der Waals surface area contributed by atoms with Gasteiger partial charge >= 0.3 is 0 Å². The van der Waals surface area contributed by atoms with Gasteiger partial charge in [0.05, 0.1) is 24.3 Å². The molecule has 0 spiro atoms. The van der Waals surface area contributed by atoms with Crippen LogP contribution in [0.2, 0.25) is 5.02 Å². The zero-order chi connectivity index (χ0) is 25.7. The van der Waals surface area contributed by atoms with Gasteiger partial charge in [0.25, 0.3) is 5.91 Å². The Labute approximate surface area is 214 Å². The lowest BCUT2D eigenvalue weighted by Gasteiger charge is -2.25. The highest BCUT2D eigenvalue weighted by Gasteiger charge is 2.27. The van der Waals surface area contributed by atoms with E-state index in [1.807, 2.05) is 12.1 Å². The van der Waals surface area contributed by atoms with Crippen LogP contribution in [0.25, 0.3) is 0 Å². The van der Waals surface area contributed by atoms with Crippen molar-refractivity contribution in [1.29, 1.82) is 0 Å². The summed E-state index contributed by atoms with van der Waals surface area (Å²) >= 11 is 6.21. The second-order valence-corrected chi connectivity index (χ2v) is 9.41. The van der Waals surface area contributed by atoms with Crippen molar-refractivity contribution in [1.82, 2.24) is 10.6 Å². The van der Waals surface area contributed by atoms with Crippen molar-refractivity contribution in [2.45, 2.75) is 44.9 Å². The first kappa shape index (κ1) is 26.1. The second kappa shape index (κ2) is 11.8. The summed E-state index contributed by atoms with van der Waals surface area (Å²) in [5, 5.41) is 17.5. The monoisotopic (exact) mass is 514 g/mol. The second-order valence-electron chi connectivity index (χ2n) is 8.97. The third-order valence-electron chi connectivity index (χ3n) is 6.23. The molecule has 0 aliphatic carbocycles. The number of nitrogens with one attached hydrogen (secondary N) is 2. The van der Waals surface area contributed by atoms with Gasteiger partial charge in [0.15, 0.2) is 0 Å². The van der Waals surface area contributed by atoms with Gasteiger partial charge in [0.1, 0.15) is 17.4 Å². The number of carbonyl (C=O) groups excluding carboxylic acids is 1. The third-order valence-corrected chi connectivity index (χ3v) is 6.45. The Morgan fingerprint density at radius 2 is 1.83 bits per heavy atom. The standard InChI is InChI=1S/C28H29ClF2N2O3/c1-2-17-4-3-5-18(8-17)15-32-16-26(34)25(11-19-9-22(30)14-23(31)10-19)33-28(35)24-13-21(29)12-20-6-7-36-27(20)24/h3-5,8-10,12-14,25-26,32,34H,2,6-7,11,15-16H2,1H3,(H,33,35). The van der Waals surface area contributed by atoms with Crippen LogP contribution in [-0.4, -0.2) is 36.3 Å². The highest BCUT2D eigenvalue weighted by Crippen LogP contribution is 2.33. The van der Waals surface area contributed by atoms with Gasteiger partial charge in [-0.3, -0.25) is 4.79 Å². The molecule has 3 aromatic carbocycles. The van der Waals surface area contributed by atoms with Crippen LogP contribution in [0.4, 0.5) is 8.78 Å². The molecule has 0 saturated carbocycles. The van der Waals surface area contributed by atoms with E-state index < -0.39 is 29.7 Å². The molecule has 190 valence electrons. The highest BCUT2D eigenvalue weighted by molar-refractivity contribution is 6.31. The smallest absolute Gasteiger partial charge is 0.255 e. The number of rotatable bonds is 10. The van der Waals surface area contributed by atoms with Crippen LogP contribution in [0.5, 0.6) is 5.75 Å². The van der Waals surface area contributed by atoms with Gasteiger partial charge in [-0.05, 0) is 59.4 Å². The van der Waals surface area contributed by atoms with E-state index in [1.54, 1.807) is 6.07 Å². The summed E-state index contributed by atoms with van der Waals surface area (Å²) in [6, 6.07) is 13.7. The molecular weight excluding hydrogens is 486 g/mol. The number of aryl methyl sites for hydroxylation is 1. The number of hydrogen-bond acceptors (Lipinski definition) is 4. The molecule has 2 unspecified atom stereocenters. The van der Waals surface area contributed by atoms with E-state index in [0.717, 1.165) is 23.6 Å². The minimum atomic E-state index is -1.04. The van der Waals surface area contributed by atoms with Gasteiger partial charge in [-0.25, -0.2) is 8.78 Å². The summed E-state index contributed by atoms with van der Waals surface area (Å²) in [5.41, 5.74) is 3.71. The predicted molar refractivity (Wildman–Crippen MR) is 136 cm³/mol. The number of fused-ring (bicyclic) bond motifs is 1. The van der Waals surface area contributed by atoms with Crippen LogP contribution in [0, 0.1) is 11.6 Å². The molecule has 4 rings (SSSR count). The molecule has 0 fully saturated rings. The molecule has 0 bridgehead atoms. The van der Waals surface area contributed by atoms with Crippen molar-refractivity contribution >= 4 is 17.5 Å². The number of amides is 1. The van der Waals surface area contributed by atoms with E-state index in [9.17, 15) is 18.7 Å². The number of hydrogen-bond donors (Lipinski definition) is 3. The Bertz CT molecular complexity index is 1220. The summed E-state index contributed by atoms with van der Waals surface area (Å²) in [4.78, 5) is 13.2. The Morgan fingerprint density at radius 1 is 1.08 bits per heavy atom. The number of carbonyl (C=O) groups is 1. The lowest BCUT2D eigenvalue weighted by Crippen LogP contribution is -2.48. The van der Waals surface area contributed by atoms with Crippen LogP contribution in [0.1, 0.15) is 39.5 Å². The third kappa shape index (κ3) is 6.60. The number of aliphatic hydroxyl groups excluding tert-OH is 1. The van der Waals surface area contributed by atoms with E-state index in [4.69, 9.17) is 16.3 Å². The summed E-state index contributed by atoms with van der Waals surface area (Å²) in [7, 11) is 0. The molecule has 1 heterocycles. The highest BCUT2D eigenvalue weighted by atomic mass is 35.5. The number of aliphatic hydroxyl groups is 1. The lowest BCUT2D eigenvalue weighted by molar-refractivity contribution is 0.0827. The molecule has 5 nitrogen and oxygen atoms in total. The average Bonchev–Trinajstić information content (AvgIpc) is 3.31. The summed E-state index contributed by atoms with van der Waals surface area (Å²) in [5.74, 6) is -1.46. The van der Waals surface area contributed by atoms with Crippen LogP contribution in [0.15, 0.2) is 54.6 Å². The maximum Gasteiger partial charge on any atom is 0.255 e. The van der Waals surface area contributed by atoms with Crippen molar-refractivity contribution in [2.75, 3.05) is 13.2 Å². The van der Waals surface area contributed by atoms with E-state index in [0.29, 0.717) is 35.9 Å². The first-order chi connectivity index (χ1) is 17.3. The molecule has 36 heavy (non-hydrogen) atoms. The van der Waals surface area contributed by atoms with Crippen molar-refractivity contribution in [2.24, 2.45) is 0 Å². The Kier molecular flexibility index (Phi) is 8.56. The number of benzene rings is 3. The predicted octanol–water partition coefficient (Wildman–Crippen LogP) is 4.61. The maximum atomic E-state index is 13.8. The SMILES string of the molecule is CCc1cccc(CNCC(O)C(Cc2cc(F)cc(F)c2)NC(=O)c2cc(Cl)cc3c2OCC3)c1. The number of ether oxygens (including phenoxy) is 1. The first-order valence-electron chi connectivity index (χ1n) is 12.0.